The highest BCUT2D eigenvalue weighted by Crippen LogP contribution is 2.27. The number of rotatable bonds is 3. The lowest BCUT2D eigenvalue weighted by Crippen LogP contribution is -2.51. The van der Waals surface area contributed by atoms with Gasteiger partial charge in [-0.1, -0.05) is 0 Å². The van der Waals surface area contributed by atoms with Crippen molar-refractivity contribution in [3.63, 3.8) is 0 Å². The molecule has 0 aromatic carbocycles. The van der Waals surface area contributed by atoms with Crippen molar-refractivity contribution in [2.45, 2.75) is 20.0 Å². The number of nitrogens with zero attached hydrogens (tertiary/aromatic N) is 1. The number of hydrogen-bond acceptors (Lipinski definition) is 3. The molecule has 0 bridgehead atoms. The predicted octanol–water partition coefficient (Wildman–Crippen LogP) is 1.54. The summed E-state index contributed by atoms with van der Waals surface area (Å²) < 4.78 is 43.3. The third kappa shape index (κ3) is 2.72. The Balaban J connectivity index is 3.33. The van der Waals surface area contributed by atoms with Crippen molar-refractivity contribution in [2.75, 3.05) is 13.7 Å². The Bertz CT molecular complexity index is 458. The molecule has 0 saturated carbocycles. The van der Waals surface area contributed by atoms with Crippen LogP contribution in [0.4, 0.5) is 13.2 Å². The molecule has 1 aromatic heterocycles. The van der Waals surface area contributed by atoms with E-state index in [0.29, 0.717) is 4.73 Å². The van der Waals surface area contributed by atoms with Gasteiger partial charge in [0.15, 0.2) is 0 Å². The highest BCUT2D eigenvalue weighted by molar-refractivity contribution is 5.90. The highest BCUT2D eigenvalue weighted by atomic mass is 19.4. The summed E-state index contributed by atoms with van der Waals surface area (Å²) in [6.07, 6.45) is -4.56. The van der Waals surface area contributed by atoms with Gasteiger partial charge in [-0.15, -0.1) is 0 Å². The topological polar surface area (TPSA) is 39.4 Å². The Hall–Kier alpha value is -1.79. The van der Waals surface area contributed by atoms with Crippen molar-refractivity contribution >= 4 is 5.97 Å². The predicted molar refractivity (Wildman–Crippen MR) is 54.8 cm³/mol. The van der Waals surface area contributed by atoms with Crippen LogP contribution in [-0.2, 0) is 10.9 Å². The molecule has 0 spiro atoms. The second kappa shape index (κ2) is 5.24. The molecule has 4 nitrogen and oxygen atoms in total. The fraction of sp³-hybridized carbons (Fsp3) is 0.455. The molecule has 0 saturated heterocycles. The fourth-order valence-corrected chi connectivity index (χ4v) is 1.51. The summed E-state index contributed by atoms with van der Waals surface area (Å²) in [5, 5.41) is 0. The molecule has 0 unspecified atom stereocenters. The first-order valence-corrected chi connectivity index (χ1v) is 5.17. The molecule has 0 aliphatic carbocycles. The van der Waals surface area contributed by atoms with Gasteiger partial charge in [0.1, 0.15) is 12.7 Å². The molecule has 0 radical (unpaired) electrons. The van der Waals surface area contributed by atoms with Crippen LogP contribution in [0.5, 0.6) is 0 Å². The normalized spacial score (nSPS) is 11.2. The van der Waals surface area contributed by atoms with Gasteiger partial charge in [0.05, 0.1) is 6.61 Å². The van der Waals surface area contributed by atoms with E-state index in [1.165, 1.54) is 6.92 Å². The van der Waals surface area contributed by atoms with Gasteiger partial charge in [0, 0.05) is 17.7 Å². The number of ether oxygens (including phenoxy) is 1. The summed E-state index contributed by atoms with van der Waals surface area (Å²) >= 11 is 0. The number of aromatic nitrogens is 1. The van der Waals surface area contributed by atoms with Gasteiger partial charge < -0.3 is 4.74 Å². The van der Waals surface area contributed by atoms with Crippen LogP contribution in [0, 0.1) is 6.92 Å². The summed E-state index contributed by atoms with van der Waals surface area (Å²) in [5.74, 6) is -0.686. The molecule has 100 valence electrons. The standard InChI is InChI=1S/C11H13F3NO3/c1-4-18-10(16)8-5-6-9(11(12,13)14)15(17-3)7(8)2/h5-6H,4H2,1-3H3/q+1. The molecule has 0 N–H and O–H groups in total. The van der Waals surface area contributed by atoms with Crippen LogP contribution in [0.1, 0.15) is 28.7 Å². The molecular weight excluding hydrogens is 251 g/mol. The van der Waals surface area contributed by atoms with E-state index in [-0.39, 0.29) is 17.9 Å². The highest BCUT2D eigenvalue weighted by Gasteiger charge is 2.44. The average Bonchev–Trinajstić information content (AvgIpc) is 2.27. The smallest absolute Gasteiger partial charge is 0.462 e. The van der Waals surface area contributed by atoms with Crippen molar-refractivity contribution in [3.8, 4) is 0 Å². The Morgan fingerprint density at radius 2 is 2.00 bits per heavy atom. The van der Waals surface area contributed by atoms with Crippen LogP contribution in [0.2, 0.25) is 0 Å². The summed E-state index contributed by atoms with van der Waals surface area (Å²) in [4.78, 5) is 16.2. The Morgan fingerprint density at radius 1 is 1.39 bits per heavy atom. The van der Waals surface area contributed by atoms with Gasteiger partial charge >= 0.3 is 17.8 Å². The maximum absolute atomic E-state index is 12.7. The molecule has 18 heavy (non-hydrogen) atoms. The summed E-state index contributed by atoms with van der Waals surface area (Å²) in [6.45, 7) is 3.11. The average molecular weight is 264 g/mol. The van der Waals surface area contributed by atoms with E-state index in [2.05, 4.69) is 4.84 Å². The first kappa shape index (κ1) is 14.3. The largest absolute Gasteiger partial charge is 0.482 e. The van der Waals surface area contributed by atoms with Crippen LogP contribution in [0.25, 0.3) is 0 Å². The molecule has 1 heterocycles. The minimum atomic E-state index is -4.56. The minimum Gasteiger partial charge on any atom is -0.462 e. The Morgan fingerprint density at radius 3 is 2.44 bits per heavy atom. The van der Waals surface area contributed by atoms with Crippen LogP contribution < -0.4 is 9.57 Å². The zero-order chi connectivity index (χ0) is 13.9. The molecule has 0 fully saturated rings. The van der Waals surface area contributed by atoms with Crippen molar-refractivity contribution in [3.05, 3.63) is 29.1 Å². The van der Waals surface area contributed by atoms with E-state index >= 15 is 0 Å². The molecule has 7 heteroatoms. The lowest BCUT2D eigenvalue weighted by Gasteiger charge is -2.08. The SMILES string of the molecule is CCOC(=O)c1ccc(C(F)(F)F)[n+](OC)c1C. The van der Waals surface area contributed by atoms with Crippen molar-refractivity contribution in [1.82, 2.24) is 0 Å². The summed E-state index contributed by atoms with van der Waals surface area (Å²) in [7, 11) is 1.09. The lowest BCUT2D eigenvalue weighted by atomic mass is 10.2. The zero-order valence-electron chi connectivity index (χ0n) is 10.2. The van der Waals surface area contributed by atoms with Gasteiger partial charge in [-0.05, 0) is 13.0 Å². The van der Waals surface area contributed by atoms with E-state index in [1.54, 1.807) is 6.92 Å². The molecule has 0 aliphatic rings. The van der Waals surface area contributed by atoms with Crippen molar-refractivity contribution < 1.29 is 32.3 Å². The quantitative estimate of drug-likeness (QED) is 0.614. The Kier molecular flexibility index (Phi) is 4.15. The third-order valence-electron chi connectivity index (χ3n) is 2.29. The summed E-state index contributed by atoms with van der Waals surface area (Å²) in [5.41, 5.74) is -0.923. The number of alkyl halides is 3. The number of carbonyl (C=O) groups excluding carboxylic acids is 1. The maximum atomic E-state index is 12.7. The number of hydrogen-bond donors (Lipinski definition) is 0. The minimum absolute atomic E-state index is 0.0331. The van der Waals surface area contributed by atoms with Gasteiger partial charge in [-0.2, -0.15) is 13.2 Å². The fourth-order valence-electron chi connectivity index (χ4n) is 1.51. The first-order chi connectivity index (χ1) is 8.32. The molecule has 1 aromatic rings. The van der Waals surface area contributed by atoms with Gasteiger partial charge in [0.25, 0.3) is 0 Å². The second-order valence-electron chi connectivity index (χ2n) is 3.41. The van der Waals surface area contributed by atoms with Gasteiger partial charge in [-0.3, -0.25) is 4.84 Å². The number of halogens is 3. The first-order valence-electron chi connectivity index (χ1n) is 5.17. The number of pyridine rings is 1. The molecule has 0 amide bonds. The lowest BCUT2D eigenvalue weighted by molar-refractivity contribution is -0.900. The van der Waals surface area contributed by atoms with Crippen LogP contribution in [-0.4, -0.2) is 19.7 Å². The monoisotopic (exact) mass is 264 g/mol. The van der Waals surface area contributed by atoms with Gasteiger partial charge in [0.2, 0.25) is 5.69 Å². The van der Waals surface area contributed by atoms with Gasteiger partial charge in [-0.25, -0.2) is 4.79 Å². The van der Waals surface area contributed by atoms with Crippen LogP contribution in [0.15, 0.2) is 12.1 Å². The summed E-state index contributed by atoms with van der Waals surface area (Å²) in [6, 6.07) is 1.86. The van der Waals surface area contributed by atoms with E-state index in [1.807, 2.05) is 0 Å². The van der Waals surface area contributed by atoms with Crippen LogP contribution in [0.3, 0.4) is 0 Å². The van der Waals surface area contributed by atoms with Crippen molar-refractivity contribution in [2.24, 2.45) is 0 Å². The van der Waals surface area contributed by atoms with Crippen molar-refractivity contribution in [1.29, 1.82) is 0 Å². The zero-order valence-corrected chi connectivity index (χ0v) is 10.2. The van der Waals surface area contributed by atoms with E-state index < -0.39 is 17.8 Å². The van der Waals surface area contributed by atoms with E-state index in [4.69, 9.17) is 4.74 Å². The van der Waals surface area contributed by atoms with E-state index in [9.17, 15) is 18.0 Å². The number of carbonyl (C=O) groups is 1. The van der Waals surface area contributed by atoms with E-state index in [0.717, 1.165) is 19.2 Å². The molecule has 0 atom stereocenters. The third-order valence-corrected chi connectivity index (χ3v) is 2.29. The number of esters is 1. The molecule has 0 aliphatic heterocycles. The second-order valence-corrected chi connectivity index (χ2v) is 3.41. The molecular formula is C11H13F3NO3+. The Labute approximate surface area is 102 Å². The van der Waals surface area contributed by atoms with Crippen LogP contribution >= 0.6 is 0 Å². The maximum Gasteiger partial charge on any atom is 0.482 e. The molecule has 1 rings (SSSR count).